The molecule has 0 radical (unpaired) electrons. The highest BCUT2D eigenvalue weighted by atomic mass is 19.3. The molecule has 4 heteroatoms. The molecule has 1 fully saturated rings. The Morgan fingerprint density at radius 3 is 2.38 bits per heavy atom. The number of rotatable bonds is 2. The lowest BCUT2D eigenvalue weighted by Gasteiger charge is -2.33. The van der Waals surface area contributed by atoms with Gasteiger partial charge in [0.1, 0.15) is 0 Å². The molecule has 0 N–H and O–H groups in total. The average molecular weight is 297 g/mol. The number of nitrogens with zero attached hydrogens (tertiary/aromatic N) is 1. The van der Waals surface area contributed by atoms with Gasteiger partial charge in [-0.05, 0) is 37.2 Å². The quantitative estimate of drug-likeness (QED) is 0.695. The van der Waals surface area contributed by atoms with Crippen molar-refractivity contribution in [3.63, 3.8) is 0 Å². The third-order valence-corrected chi connectivity index (χ3v) is 4.74. The molecule has 21 heavy (non-hydrogen) atoms. The second-order valence-corrected chi connectivity index (χ2v) is 6.95. The van der Waals surface area contributed by atoms with Gasteiger partial charge in [-0.1, -0.05) is 25.5 Å². The van der Waals surface area contributed by atoms with Gasteiger partial charge in [0.15, 0.2) is 0 Å². The Kier molecular flexibility index (Phi) is 4.54. The van der Waals surface area contributed by atoms with Crippen molar-refractivity contribution in [2.45, 2.75) is 58.8 Å². The fourth-order valence-corrected chi connectivity index (χ4v) is 3.32. The van der Waals surface area contributed by atoms with E-state index in [1.54, 1.807) is 6.08 Å². The minimum absolute atomic E-state index is 0.0913. The topological polar surface area (TPSA) is 20.3 Å². The Morgan fingerprint density at radius 1 is 1.19 bits per heavy atom. The van der Waals surface area contributed by atoms with Gasteiger partial charge in [-0.25, -0.2) is 8.78 Å². The number of allylic oxidation sites excluding steroid dienone is 3. The first-order valence-electron chi connectivity index (χ1n) is 7.76. The van der Waals surface area contributed by atoms with Crippen LogP contribution in [0.3, 0.4) is 0 Å². The van der Waals surface area contributed by atoms with Crippen LogP contribution in [-0.4, -0.2) is 29.8 Å². The van der Waals surface area contributed by atoms with Gasteiger partial charge in [0.05, 0.1) is 0 Å². The number of alkyl halides is 2. The van der Waals surface area contributed by atoms with Crippen molar-refractivity contribution < 1.29 is 13.6 Å². The smallest absolute Gasteiger partial charge is 0.251 e. The largest absolute Gasteiger partial charge is 0.339 e. The Hall–Kier alpha value is -1.19. The van der Waals surface area contributed by atoms with Crippen molar-refractivity contribution in [1.82, 2.24) is 4.90 Å². The van der Waals surface area contributed by atoms with Gasteiger partial charge in [0, 0.05) is 32.0 Å². The second kappa shape index (κ2) is 5.90. The Bertz CT molecular complexity index is 467. The van der Waals surface area contributed by atoms with Crippen LogP contribution in [0.25, 0.3) is 0 Å². The molecular formula is C17H25F2NO. The molecule has 0 aromatic heterocycles. The highest BCUT2D eigenvalue weighted by Gasteiger charge is 2.35. The van der Waals surface area contributed by atoms with E-state index >= 15 is 0 Å². The first-order valence-corrected chi connectivity index (χ1v) is 7.76. The molecule has 0 atom stereocenters. The van der Waals surface area contributed by atoms with E-state index in [0.29, 0.717) is 0 Å². The monoisotopic (exact) mass is 297 g/mol. The molecule has 1 aliphatic carbocycles. The summed E-state index contributed by atoms with van der Waals surface area (Å²) in [4.78, 5) is 13.7. The van der Waals surface area contributed by atoms with Gasteiger partial charge >= 0.3 is 0 Å². The summed E-state index contributed by atoms with van der Waals surface area (Å²) in [7, 11) is 0. The van der Waals surface area contributed by atoms with Crippen molar-refractivity contribution in [2.24, 2.45) is 5.41 Å². The fourth-order valence-electron chi connectivity index (χ4n) is 3.32. The van der Waals surface area contributed by atoms with Gasteiger partial charge < -0.3 is 4.90 Å². The van der Waals surface area contributed by atoms with Crippen LogP contribution in [0.2, 0.25) is 0 Å². The van der Waals surface area contributed by atoms with Crippen LogP contribution in [0.4, 0.5) is 8.78 Å². The van der Waals surface area contributed by atoms with Crippen molar-refractivity contribution in [3.8, 4) is 0 Å². The summed E-state index contributed by atoms with van der Waals surface area (Å²) >= 11 is 0. The maximum Gasteiger partial charge on any atom is 0.251 e. The molecule has 1 aliphatic heterocycles. The van der Waals surface area contributed by atoms with E-state index in [-0.39, 0.29) is 37.3 Å². The lowest BCUT2D eigenvalue weighted by molar-refractivity contribution is -0.132. The zero-order valence-electron chi connectivity index (χ0n) is 13.2. The molecule has 0 saturated carbocycles. The van der Waals surface area contributed by atoms with Gasteiger partial charge in [-0.2, -0.15) is 0 Å². The third-order valence-electron chi connectivity index (χ3n) is 4.74. The van der Waals surface area contributed by atoms with Crippen LogP contribution in [-0.2, 0) is 4.79 Å². The van der Waals surface area contributed by atoms with Crippen LogP contribution in [0.1, 0.15) is 52.9 Å². The predicted molar refractivity (Wildman–Crippen MR) is 80.2 cm³/mol. The van der Waals surface area contributed by atoms with Crippen molar-refractivity contribution in [2.75, 3.05) is 13.1 Å². The highest BCUT2D eigenvalue weighted by molar-refractivity contribution is 5.88. The van der Waals surface area contributed by atoms with E-state index in [1.807, 2.05) is 6.08 Å². The van der Waals surface area contributed by atoms with E-state index in [0.717, 1.165) is 12.8 Å². The number of hydrogen-bond donors (Lipinski definition) is 0. The van der Waals surface area contributed by atoms with Crippen molar-refractivity contribution in [3.05, 3.63) is 23.3 Å². The van der Waals surface area contributed by atoms with Crippen LogP contribution in [0.15, 0.2) is 23.3 Å². The van der Waals surface area contributed by atoms with Gasteiger partial charge in [0.25, 0.3) is 5.92 Å². The molecule has 1 saturated heterocycles. The molecule has 1 amide bonds. The molecule has 118 valence electrons. The SMILES string of the molecule is CC1=C(C=CC(=O)N2CCC(F)(F)CC2)C(C)(C)CCC1. The van der Waals surface area contributed by atoms with Gasteiger partial charge in [0.2, 0.25) is 5.91 Å². The van der Waals surface area contributed by atoms with Crippen LogP contribution in [0, 0.1) is 5.41 Å². The molecule has 2 nitrogen and oxygen atoms in total. The first kappa shape index (κ1) is 16.2. The molecule has 0 bridgehead atoms. The fraction of sp³-hybridized carbons (Fsp3) is 0.706. The molecule has 0 aromatic rings. The second-order valence-electron chi connectivity index (χ2n) is 6.95. The molecule has 0 aromatic carbocycles. The first-order chi connectivity index (χ1) is 9.71. The summed E-state index contributed by atoms with van der Waals surface area (Å²) in [6.07, 6.45) is 6.41. The van der Waals surface area contributed by atoms with Gasteiger partial charge in [-0.15, -0.1) is 0 Å². The van der Waals surface area contributed by atoms with Crippen LogP contribution in [0.5, 0.6) is 0 Å². The zero-order chi connectivity index (χ0) is 15.7. The molecule has 2 rings (SSSR count). The van der Waals surface area contributed by atoms with Crippen molar-refractivity contribution >= 4 is 5.91 Å². The molecule has 0 spiro atoms. The number of piperidine rings is 1. The van der Waals surface area contributed by atoms with Gasteiger partial charge in [-0.3, -0.25) is 4.79 Å². The number of likely N-dealkylation sites (tertiary alicyclic amines) is 1. The van der Waals surface area contributed by atoms with E-state index in [2.05, 4.69) is 20.8 Å². The van der Waals surface area contributed by atoms with Crippen LogP contribution < -0.4 is 0 Å². The molecule has 0 unspecified atom stereocenters. The maximum absolute atomic E-state index is 13.1. The van der Waals surface area contributed by atoms with Crippen LogP contribution >= 0.6 is 0 Å². The molecule has 1 heterocycles. The average Bonchev–Trinajstić information content (AvgIpc) is 2.37. The molecular weight excluding hydrogens is 272 g/mol. The summed E-state index contributed by atoms with van der Waals surface area (Å²) in [5.74, 6) is -2.75. The Balaban J connectivity index is 2.02. The maximum atomic E-state index is 13.1. The summed E-state index contributed by atoms with van der Waals surface area (Å²) in [6.45, 7) is 6.81. The molecule has 2 aliphatic rings. The van der Waals surface area contributed by atoms with E-state index in [4.69, 9.17) is 0 Å². The number of hydrogen-bond acceptors (Lipinski definition) is 1. The predicted octanol–water partition coefficient (Wildman–Crippen LogP) is 4.33. The Morgan fingerprint density at radius 2 is 1.81 bits per heavy atom. The summed E-state index contributed by atoms with van der Waals surface area (Å²) in [5.41, 5.74) is 2.65. The standard InChI is InChI=1S/C17H25F2NO/c1-13-5-4-8-16(2,3)14(13)6-7-15(21)20-11-9-17(18,19)10-12-20/h6-7H,4-5,8-12H2,1-3H3. The van der Waals surface area contributed by atoms with E-state index in [1.165, 1.54) is 22.5 Å². The van der Waals surface area contributed by atoms with E-state index in [9.17, 15) is 13.6 Å². The minimum atomic E-state index is -2.61. The third kappa shape index (κ3) is 3.92. The van der Waals surface area contributed by atoms with Crippen molar-refractivity contribution in [1.29, 1.82) is 0 Å². The summed E-state index contributed by atoms with van der Waals surface area (Å²) < 4.78 is 26.2. The highest BCUT2D eigenvalue weighted by Crippen LogP contribution is 2.40. The normalized spacial score (nSPS) is 25.5. The number of carbonyl (C=O) groups excluding carboxylic acids is 1. The lowest BCUT2D eigenvalue weighted by Crippen LogP contribution is -2.42. The lowest BCUT2D eigenvalue weighted by atomic mass is 9.72. The number of carbonyl (C=O) groups is 1. The minimum Gasteiger partial charge on any atom is -0.339 e. The zero-order valence-corrected chi connectivity index (χ0v) is 13.2. The number of halogens is 2. The van der Waals surface area contributed by atoms with E-state index < -0.39 is 5.92 Å². The Labute approximate surface area is 125 Å². The summed E-state index contributed by atoms with van der Waals surface area (Å²) in [5, 5.41) is 0. The summed E-state index contributed by atoms with van der Waals surface area (Å²) in [6, 6.07) is 0. The number of amides is 1.